The van der Waals surface area contributed by atoms with Crippen molar-refractivity contribution >= 4 is 29.2 Å². The number of likely N-dealkylation sites (N-methyl/N-ethyl adjacent to an activating group) is 1. The third-order valence-corrected chi connectivity index (χ3v) is 7.82. The van der Waals surface area contributed by atoms with Gasteiger partial charge in [-0.15, -0.1) is 0 Å². The number of nitrogens with zero attached hydrogens (tertiary/aromatic N) is 2. The van der Waals surface area contributed by atoms with Crippen molar-refractivity contribution in [2.24, 2.45) is 11.8 Å². The summed E-state index contributed by atoms with van der Waals surface area (Å²) in [5.74, 6) is -0.838. The van der Waals surface area contributed by atoms with E-state index in [1.807, 2.05) is 6.92 Å². The maximum Gasteiger partial charge on any atom is 0.321 e. The Morgan fingerprint density at radius 1 is 1.12 bits per heavy atom. The topological polar surface area (TPSA) is 111 Å². The number of hydrogen-bond donors (Lipinski definition) is 3. The first-order chi connectivity index (χ1) is 19.2. The Kier molecular flexibility index (Phi) is 9.63. The van der Waals surface area contributed by atoms with Crippen LogP contribution in [0.2, 0.25) is 0 Å². The van der Waals surface area contributed by atoms with Crippen LogP contribution in [0.3, 0.4) is 0 Å². The van der Waals surface area contributed by atoms with Gasteiger partial charge in [-0.3, -0.25) is 9.59 Å². The second-order valence-electron chi connectivity index (χ2n) is 10.9. The van der Waals surface area contributed by atoms with Crippen LogP contribution in [0.4, 0.5) is 20.6 Å². The lowest BCUT2D eigenvalue weighted by Gasteiger charge is -2.38. The number of fused-ring (bicyclic) bond motifs is 1. The number of urea groups is 1. The Balaban J connectivity index is 1.61. The first-order valence-electron chi connectivity index (χ1n) is 14.0. The average Bonchev–Trinajstić information content (AvgIpc) is 2.96. The third kappa shape index (κ3) is 6.91. The van der Waals surface area contributed by atoms with Crippen molar-refractivity contribution < 1.29 is 28.6 Å². The van der Waals surface area contributed by atoms with E-state index >= 15 is 0 Å². The minimum absolute atomic E-state index is 0.0872. The summed E-state index contributed by atoms with van der Waals surface area (Å²) in [5, 5.41) is 15.6. The summed E-state index contributed by atoms with van der Waals surface area (Å²) in [7, 11) is 1.63. The number of benzene rings is 2. The van der Waals surface area contributed by atoms with E-state index < -0.39 is 24.0 Å². The van der Waals surface area contributed by atoms with Gasteiger partial charge in [0.2, 0.25) is 5.91 Å². The molecule has 40 heavy (non-hydrogen) atoms. The Morgan fingerprint density at radius 3 is 2.50 bits per heavy atom. The van der Waals surface area contributed by atoms with Crippen molar-refractivity contribution in [3.63, 3.8) is 0 Å². The number of rotatable bonds is 7. The number of aliphatic hydroxyl groups excluding tert-OH is 1. The van der Waals surface area contributed by atoms with Gasteiger partial charge in [0.1, 0.15) is 11.9 Å². The van der Waals surface area contributed by atoms with Crippen molar-refractivity contribution in [3.05, 3.63) is 53.8 Å². The number of para-hydroxylation sites is 1. The molecule has 1 aliphatic carbocycles. The fourth-order valence-electron chi connectivity index (χ4n) is 5.26. The molecular weight excluding hydrogens is 515 g/mol. The van der Waals surface area contributed by atoms with Gasteiger partial charge in [0.25, 0.3) is 5.91 Å². The fraction of sp³-hybridized carbons (Fsp3) is 0.500. The highest BCUT2D eigenvalue weighted by molar-refractivity contribution is 6.02. The van der Waals surface area contributed by atoms with Crippen LogP contribution in [0, 0.1) is 17.7 Å². The molecule has 1 heterocycles. The smallest absolute Gasteiger partial charge is 0.321 e. The molecule has 9 nitrogen and oxygen atoms in total. The third-order valence-electron chi connectivity index (χ3n) is 7.82. The molecule has 0 aromatic heterocycles. The standard InChI is InChI=1S/C30H39FN4O5/c1-19-16-35(20(2)18-36)29(38)24-10-7-11-25(33-28(37)21-8-5-4-6-9-21)27(24)40-26(19)17-34(3)30(39)32-23-14-12-22(31)13-15-23/h7,10-15,19-21,26,36H,4-6,8-9,16-18H2,1-3H3,(H,32,39)(H,33,37)/t19-,20+,26+/m1/s1. The van der Waals surface area contributed by atoms with Gasteiger partial charge in [-0.25, -0.2) is 9.18 Å². The summed E-state index contributed by atoms with van der Waals surface area (Å²) in [6, 6.07) is 9.74. The molecule has 4 rings (SSSR count). The molecule has 2 aromatic rings. The lowest BCUT2D eigenvalue weighted by molar-refractivity contribution is -0.120. The molecule has 3 N–H and O–H groups in total. The molecule has 0 bridgehead atoms. The monoisotopic (exact) mass is 554 g/mol. The van der Waals surface area contributed by atoms with Gasteiger partial charge in [-0.05, 0) is 56.2 Å². The molecule has 1 saturated carbocycles. The highest BCUT2D eigenvalue weighted by Crippen LogP contribution is 2.36. The zero-order valence-electron chi connectivity index (χ0n) is 23.4. The molecule has 216 valence electrons. The summed E-state index contributed by atoms with van der Waals surface area (Å²) in [6.07, 6.45) is 4.27. The van der Waals surface area contributed by atoms with Gasteiger partial charge in [0, 0.05) is 31.1 Å². The largest absolute Gasteiger partial charge is 0.485 e. The van der Waals surface area contributed by atoms with Gasteiger partial charge >= 0.3 is 6.03 Å². The lowest BCUT2D eigenvalue weighted by Crippen LogP contribution is -2.50. The van der Waals surface area contributed by atoms with E-state index in [0.717, 1.165) is 32.1 Å². The van der Waals surface area contributed by atoms with E-state index in [0.29, 0.717) is 17.9 Å². The van der Waals surface area contributed by atoms with Crippen LogP contribution in [-0.4, -0.2) is 71.6 Å². The Bertz CT molecular complexity index is 1200. The van der Waals surface area contributed by atoms with Gasteiger partial charge in [-0.2, -0.15) is 0 Å². The van der Waals surface area contributed by atoms with Crippen molar-refractivity contribution in [1.29, 1.82) is 0 Å². The maximum atomic E-state index is 13.7. The number of aliphatic hydroxyl groups is 1. The van der Waals surface area contributed by atoms with Gasteiger partial charge in [-0.1, -0.05) is 32.3 Å². The van der Waals surface area contributed by atoms with Crippen molar-refractivity contribution in [3.8, 4) is 5.75 Å². The lowest BCUT2D eigenvalue weighted by atomic mass is 9.88. The van der Waals surface area contributed by atoms with Crippen LogP contribution in [0.1, 0.15) is 56.3 Å². The van der Waals surface area contributed by atoms with Gasteiger partial charge in [0.05, 0.1) is 30.4 Å². The number of ether oxygens (including phenoxy) is 1. The minimum Gasteiger partial charge on any atom is -0.485 e. The number of carbonyl (C=O) groups is 3. The molecule has 0 spiro atoms. The van der Waals surface area contributed by atoms with E-state index in [1.54, 1.807) is 37.1 Å². The van der Waals surface area contributed by atoms with Crippen LogP contribution in [-0.2, 0) is 4.79 Å². The normalized spacial score (nSPS) is 20.4. The number of amides is 4. The van der Waals surface area contributed by atoms with E-state index in [4.69, 9.17) is 4.74 Å². The second-order valence-corrected chi connectivity index (χ2v) is 10.9. The number of anilines is 2. The fourth-order valence-corrected chi connectivity index (χ4v) is 5.26. The molecule has 0 saturated heterocycles. The predicted molar refractivity (Wildman–Crippen MR) is 151 cm³/mol. The van der Waals surface area contributed by atoms with Crippen LogP contribution in [0.25, 0.3) is 0 Å². The predicted octanol–water partition coefficient (Wildman–Crippen LogP) is 4.73. The molecule has 0 radical (unpaired) electrons. The molecule has 2 aliphatic rings. The summed E-state index contributed by atoms with van der Waals surface area (Å²) in [6.45, 7) is 3.97. The number of hydrogen-bond acceptors (Lipinski definition) is 5. The Hall–Kier alpha value is -3.66. The van der Waals surface area contributed by atoms with Crippen LogP contribution >= 0.6 is 0 Å². The minimum atomic E-state index is -0.544. The molecule has 10 heteroatoms. The first-order valence-corrected chi connectivity index (χ1v) is 14.0. The van der Waals surface area contributed by atoms with Crippen LogP contribution in [0.15, 0.2) is 42.5 Å². The van der Waals surface area contributed by atoms with Crippen molar-refractivity contribution in [2.75, 3.05) is 37.4 Å². The molecular formula is C30H39FN4O5. The van der Waals surface area contributed by atoms with Crippen LogP contribution < -0.4 is 15.4 Å². The SMILES string of the molecule is C[C@@H]1CN([C@@H](C)CO)C(=O)c2cccc(NC(=O)C3CCCCC3)c2O[C@H]1CN(C)C(=O)Nc1ccc(F)cc1. The van der Waals surface area contributed by atoms with Crippen LogP contribution in [0.5, 0.6) is 5.75 Å². The summed E-state index contributed by atoms with van der Waals surface area (Å²) >= 11 is 0. The summed E-state index contributed by atoms with van der Waals surface area (Å²) in [4.78, 5) is 42.8. The summed E-state index contributed by atoms with van der Waals surface area (Å²) < 4.78 is 19.8. The zero-order chi connectivity index (χ0) is 28.8. The van der Waals surface area contributed by atoms with E-state index in [1.165, 1.54) is 29.2 Å². The van der Waals surface area contributed by atoms with E-state index in [9.17, 15) is 23.9 Å². The van der Waals surface area contributed by atoms with Gasteiger partial charge in [0.15, 0.2) is 5.75 Å². The highest BCUT2D eigenvalue weighted by Gasteiger charge is 2.35. The first kappa shape index (κ1) is 29.3. The highest BCUT2D eigenvalue weighted by atomic mass is 19.1. The van der Waals surface area contributed by atoms with Crippen molar-refractivity contribution in [2.45, 2.75) is 58.1 Å². The molecule has 1 aliphatic heterocycles. The molecule has 1 fully saturated rings. The molecule has 3 atom stereocenters. The van der Waals surface area contributed by atoms with Crippen molar-refractivity contribution in [1.82, 2.24) is 9.80 Å². The Morgan fingerprint density at radius 2 is 1.82 bits per heavy atom. The van der Waals surface area contributed by atoms with E-state index in [-0.39, 0.29) is 48.1 Å². The maximum absolute atomic E-state index is 13.7. The second kappa shape index (κ2) is 13.1. The Labute approximate surface area is 234 Å². The molecule has 0 unspecified atom stereocenters. The molecule has 4 amide bonds. The summed E-state index contributed by atoms with van der Waals surface area (Å²) in [5.41, 5.74) is 1.16. The van der Waals surface area contributed by atoms with Gasteiger partial charge < -0.3 is 30.3 Å². The quantitative estimate of drug-likeness (QED) is 0.458. The number of carbonyl (C=O) groups excluding carboxylic acids is 3. The zero-order valence-corrected chi connectivity index (χ0v) is 23.4. The average molecular weight is 555 g/mol. The molecule has 2 aromatic carbocycles. The number of halogens is 1. The van der Waals surface area contributed by atoms with E-state index in [2.05, 4.69) is 10.6 Å². The number of nitrogens with one attached hydrogen (secondary N) is 2.